The minimum absolute atomic E-state index is 0.0244. The molecule has 0 bridgehead atoms. The molecule has 5 nitrogen and oxygen atoms in total. The molecule has 1 aromatic heterocycles. The summed E-state index contributed by atoms with van der Waals surface area (Å²) in [5, 5.41) is 0. The predicted octanol–water partition coefficient (Wildman–Crippen LogP) is 3.03. The van der Waals surface area contributed by atoms with E-state index in [0.29, 0.717) is 12.2 Å². The molecular formula is C18H24N2O3S. The lowest BCUT2D eigenvalue weighted by Gasteiger charge is -2.13. The molecule has 0 fully saturated rings. The molecule has 1 atom stereocenters. The number of rotatable bonds is 8. The van der Waals surface area contributed by atoms with Crippen molar-refractivity contribution in [1.29, 1.82) is 0 Å². The van der Waals surface area contributed by atoms with Crippen LogP contribution in [-0.2, 0) is 16.6 Å². The molecule has 0 saturated heterocycles. The summed E-state index contributed by atoms with van der Waals surface area (Å²) in [6, 6.07) is 13.1. The van der Waals surface area contributed by atoms with E-state index in [-0.39, 0.29) is 11.7 Å². The van der Waals surface area contributed by atoms with Crippen LogP contribution in [0.2, 0.25) is 0 Å². The third-order valence-electron chi connectivity index (χ3n) is 3.79. The fraction of sp³-hybridized carbons (Fsp3) is 0.389. The van der Waals surface area contributed by atoms with E-state index in [1.807, 2.05) is 44.2 Å². The Hall–Kier alpha value is -2.08. The summed E-state index contributed by atoms with van der Waals surface area (Å²) in [4.78, 5) is 12.4. The first-order valence-corrected chi connectivity index (χ1v) is 9.80. The van der Waals surface area contributed by atoms with Gasteiger partial charge in [0, 0.05) is 12.7 Å². The zero-order valence-corrected chi connectivity index (χ0v) is 14.9. The highest BCUT2D eigenvalue weighted by molar-refractivity contribution is 7.90. The molecule has 1 unspecified atom stereocenters. The maximum atomic E-state index is 12.4. The molecule has 6 heteroatoms. The Morgan fingerprint density at radius 2 is 1.88 bits per heavy atom. The van der Waals surface area contributed by atoms with Gasteiger partial charge in [-0.15, -0.1) is 0 Å². The zero-order chi connectivity index (χ0) is 17.6. The Morgan fingerprint density at radius 3 is 2.54 bits per heavy atom. The molecule has 0 saturated carbocycles. The summed E-state index contributed by atoms with van der Waals surface area (Å²) >= 11 is 0. The van der Waals surface area contributed by atoms with Crippen LogP contribution >= 0.6 is 0 Å². The molecule has 130 valence electrons. The van der Waals surface area contributed by atoms with Crippen LogP contribution in [0.15, 0.2) is 48.7 Å². The van der Waals surface area contributed by atoms with Gasteiger partial charge in [-0.25, -0.2) is 13.1 Å². The Labute approximate surface area is 143 Å². The monoisotopic (exact) mass is 348 g/mol. The number of hydrogen-bond donors (Lipinski definition) is 1. The molecule has 24 heavy (non-hydrogen) atoms. The van der Waals surface area contributed by atoms with Crippen LogP contribution in [0.25, 0.3) is 0 Å². The van der Waals surface area contributed by atoms with Gasteiger partial charge in [0.2, 0.25) is 10.0 Å². The largest absolute Gasteiger partial charge is 0.339 e. The lowest BCUT2D eigenvalue weighted by atomic mass is 10.1. The lowest BCUT2D eigenvalue weighted by molar-refractivity contribution is 0.0973. The topological polar surface area (TPSA) is 68.2 Å². The number of benzene rings is 1. The second-order valence-corrected chi connectivity index (χ2v) is 7.88. The van der Waals surface area contributed by atoms with E-state index in [1.54, 1.807) is 22.9 Å². The summed E-state index contributed by atoms with van der Waals surface area (Å²) in [6.07, 6.45) is 3.51. The van der Waals surface area contributed by atoms with Crippen LogP contribution in [0.1, 0.15) is 42.7 Å². The van der Waals surface area contributed by atoms with Gasteiger partial charge in [-0.3, -0.25) is 4.79 Å². The Morgan fingerprint density at radius 1 is 1.17 bits per heavy atom. The van der Waals surface area contributed by atoms with Crippen LogP contribution in [-0.4, -0.2) is 24.6 Å². The number of amides is 1. The smallest absolute Gasteiger partial charge is 0.281 e. The average Bonchev–Trinajstić information content (AvgIpc) is 2.95. The van der Waals surface area contributed by atoms with Crippen molar-refractivity contribution in [3.8, 4) is 0 Å². The molecule has 1 amide bonds. The molecule has 1 N–H and O–H groups in total. The summed E-state index contributed by atoms with van der Waals surface area (Å²) in [5.41, 5.74) is 1.38. The van der Waals surface area contributed by atoms with Gasteiger partial charge in [0.15, 0.2) is 0 Å². The number of nitrogens with one attached hydrogen (secondary N) is 1. The zero-order valence-electron chi connectivity index (χ0n) is 14.1. The maximum Gasteiger partial charge on any atom is 0.281 e. The molecular weight excluding hydrogens is 324 g/mol. The summed E-state index contributed by atoms with van der Waals surface area (Å²) < 4.78 is 28.2. The van der Waals surface area contributed by atoms with Crippen LogP contribution in [0, 0.1) is 5.92 Å². The second kappa shape index (κ2) is 8.15. The number of carbonyl (C=O) groups is 1. The van der Waals surface area contributed by atoms with Gasteiger partial charge in [-0.05, 0) is 30.0 Å². The van der Waals surface area contributed by atoms with Crippen LogP contribution < -0.4 is 4.72 Å². The minimum atomic E-state index is -3.63. The number of sulfonamides is 1. The maximum absolute atomic E-state index is 12.4. The fourth-order valence-electron chi connectivity index (χ4n) is 2.72. The molecule has 1 heterocycles. The highest BCUT2D eigenvalue weighted by Crippen LogP contribution is 2.10. The Kier molecular flexibility index (Phi) is 6.20. The highest BCUT2D eigenvalue weighted by atomic mass is 32.2. The average molecular weight is 348 g/mol. The SMILES string of the molecule is CCCC(C)CS(=O)(=O)NC(=O)c1cccn1Cc1ccccc1. The standard InChI is InChI=1S/C18H24N2O3S/c1-3-8-15(2)14-24(22,23)19-18(21)17-11-7-12-20(17)13-16-9-5-4-6-10-16/h4-7,9-12,15H,3,8,13-14H2,1-2H3,(H,19,21). The number of aromatic nitrogens is 1. The number of carbonyl (C=O) groups excluding carboxylic acids is 1. The van der Waals surface area contributed by atoms with Gasteiger partial charge < -0.3 is 4.57 Å². The summed E-state index contributed by atoms with van der Waals surface area (Å²) in [5.74, 6) is -0.595. The molecule has 0 aliphatic heterocycles. The van der Waals surface area contributed by atoms with Crippen molar-refractivity contribution in [2.45, 2.75) is 33.2 Å². The molecule has 0 radical (unpaired) electrons. The predicted molar refractivity (Wildman–Crippen MR) is 95.3 cm³/mol. The van der Waals surface area contributed by atoms with Crippen LogP contribution in [0.5, 0.6) is 0 Å². The van der Waals surface area contributed by atoms with Crippen molar-refractivity contribution >= 4 is 15.9 Å². The quantitative estimate of drug-likeness (QED) is 0.797. The highest BCUT2D eigenvalue weighted by Gasteiger charge is 2.20. The van der Waals surface area contributed by atoms with E-state index in [2.05, 4.69) is 4.72 Å². The molecule has 1 aromatic carbocycles. The van der Waals surface area contributed by atoms with E-state index >= 15 is 0 Å². The van der Waals surface area contributed by atoms with Crippen molar-refractivity contribution in [3.05, 3.63) is 59.9 Å². The molecule has 0 aliphatic carbocycles. The molecule has 2 aromatic rings. The normalized spacial score (nSPS) is 12.8. The van der Waals surface area contributed by atoms with Gasteiger partial charge in [-0.1, -0.05) is 50.6 Å². The van der Waals surface area contributed by atoms with E-state index in [9.17, 15) is 13.2 Å². The fourth-order valence-corrected chi connectivity index (χ4v) is 4.11. The molecule has 0 spiro atoms. The van der Waals surface area contributed by atoms with E-state index in [1.165, 1.54) is 0 Å². The van der Waals surface area contributed by atoms with Crippen molar-refractivity contribution < 1.29 is 13.2 Å². The van der Waals surface area contributed by atoms with Crippen molar-refractivity contribution in [3.63, 3.8) is 0 Å². The number of nitrogens with zero attached hydrogens (tertiary/aromatic N) is 1. The minimum Gasteiger partial charge on any atom is -0.339 e. The van der Waals surface area contributed by atoms with Gasteiger partial charge in [0.05, 0.1) is 5.75 Å². The Balaban J connectivity index is 2.07. The van der Waals surface area contributed by atoms with Gasteiger partial charge in [-0.2, -0.15) is 0 Å². The van der Waals surface area contributed by atoms with Crippen LogP contribution in [0.3, 0.4) is 0 Å². The van der Waals surface area contributed by atoms with Gasteiger partial charge in [0.1, 0.15) is 5.69 Å². The summed E-state index contributed by atoms with van der Waals surface area (Å²) in [7, 11) is -3.63. The first-order valence-electron chi connectivity index (χ1n) is 8.15. The number of hydrogen-bond acceptors (Lipinski definition) is 3. The van der Waals surface area contributed by atoms with E-state index < -0.39 is 15.9 Å². The first-order chi connectivity index (χ1) is 11.4. The summed E-state index contributed by atoms with van der Waals surface area (Å²) in [6.45, 7) is 4.41. The molecule has 2 rings (SSSR count). The second-order valence-electron chi connectivity index (χ2n) is 6.11. The third-order valence-corrected chi connectivity index (χ3v) is 5.30. The van der Waals surface area contributed by atoms with E-state index in [0.717, 1.165) is 18.4 Å². The van der Waals surface area contributed by atoms with Crippen molar-refractivity contribution in [2.24, 2.45) is 5.92 Å². The first kappa shape index (κ1) is 18.3. The van der Waals surface area contributed by atoms with Crippen molar-refractivity contribution in [2.75, 3.05) is 5.75 Å². The van der Waals surface area contributed by atoms with Crippen LogP contribution in [0.4, 0.5) is 0 Å². The third kappa shape index (κ3) is 5.23. The molecule has 0 aliphatic rings. The lowest BCUT2D eigenvalue weighted by Crippen LogP contribution is -2.35. The van der Waals surface area contributed by atoms with E-state index in [4.69, 9.17) is 0 Å². The van der Waals surface area contributed by atoms with Gasteiger partial charge >= 0.3 is 0 Å². The van der Waals surface area contributed by atoms with Crippen molar-refractivity contribution in [1.82, 2.24) is 9.29 Å². The van der Waals surface area contributed by atoms with Gasteiger partial charge in [0.25, 0.3) is 5.91 Å². The Bertz CT molecular complexity index is 767.